The fraction of sp³-hybridized carbons (Fsp3) is 0.526. The van der Waals surface area contributed by atoms with Gasteiger partial charge < -0.3 is 15.5 Å². The number of quaternary nitrogens is 1. The number of benzene rings is 1. The van der Waals surface area contributed by atoms with E-state index in [9.17, 15) is 0 Å². The van der Waals surface area contributed by atoms with Gasteiger partial charge in [-0.15, -0.1) is 0 Å². The lowest BCUT2D eigenvalue weighted by molar-refractivity contribution is -0.955. The Morgan fingerprint density at radius 3 is 2.65 bits per heavy atom. The van der Waals surface area contributed by atoms with Crippen molar-refractivity contribution in [2.45, 2.75) is 57.2 Å². The van der Waals surface area contributed by atoms with Crippen LogP contribution in [0, 0.1) is 6.92 Å². The van der Waals surface area contributed by atoms with Crippen LogP contribution in [0.4, 0.5) is 5.69 Å². The summed E-state index contributed by atoms with van der Waals surface area (Å²) in [5.74, 6) is 0. The lowest BCUT2D eigenvalue weighted by atomic mass is 9.82. The third kappa shape index (κ3) is 3.93. The van der Waals surface area contributed by atoms with Gasteiger partial charge in [-0.1, -0.05) is 24.8 Å². The quantitative estimate of drug-likeness (QED) is 0.585. The van der Waals surface area contributed by atoms with Crippen LogP contribution in [-0.4, -0.2) is 29.8 Å². The van der Waals surface area contributed by atoms with E-state index in [1.54, 1.807) is 4.90 Å². The minimum atomic E-state index is 0.503. The summed E-state index contributed by atoms with van der Waals surface area (Å²) in [4.78, 5) is 1.75. The number of piperidine rings is 2. The van der Waals surface area contributed by atoms with E-state index >= 15 is 0 Å². The largest absolute Gasteiger partial charge is 0.359 e. The minimum Gasteiger partial charge on any atom is -0.359 e. The molecule has 2 heterocycles. The van der Waals surface area contributed by atoms with Gasteiger partial charge in [0.2, 0.25) is 0 Å². The highest BCUT2D eigenvalue weighted by Crippen LogP contribution is 2.22. The van der Waals surface area contributed by atoms with Crippen molar-refractivity contribution < 1.29 is 4.90 Å². The van der Waals surface area contributed by atoms with E-state index in [2.05, 4.69) is 48.4 Å². The molecular formula is C19H28N3S+. The predicted molar refractivity (Wildman–Crippen MR) is 101 cm³/mol. The van der Waals surface area contributed by atoms with Crippen molar-refractivity contribution in [3.05, 3.63) is 42.5 Å². The first-order valence-electron chi connectivity index (χ1n) is 8.77. The molecule has 1 aromatic rings. The number of rotatable bonds is 4. The second kappa shape index (κ2) is 7.45. The van der Waals surface area contributed by atoms with Gasteiger partial charge in [-0.3, -0.25) is 0 Å². The highest BCUT2D eigenvalue weighted by Gasteiger charge is 2.41. The highest BCUT2D eigenvalue weighted by atomic mass is 32.1. The van der Waals surface area contributed by atoms with Crippen LogP contribution in [0.1, 0.15) is 37.7 Å². The van der Waals surface area contributed by atoms with E-state index in [1.165, 1.54) is 37.7 Å². The van der Waals surface area contributed by atoms with Crippen molar-refractivity contribution >= 4 is 23.0 Å². The topological polar surface area (TPSA) is 28.5 Å². The number of nitrogens with one attached hydrogen (secondary N) is 3. The average molecular weight is 331 g/mol. The van der Waals surface area contributed by atoms with Crippen molar-refractivity contribution in [1.29, 1.82) is 0 Å². The number of hydrogen-bond donors (Lipinski definition) is 3. The minimum absolute atomic E-state index is 0.503. The Morgan fingerprint density at radius 1 is 1.30 bits per heavy atom. The van der Waals surface area contributed by atoms with Crippen LogP contribution < -0.4 is 15.5 Å². The molecule has 2 bridgehead atoms. The van der Waals surface area contributed by atoms with Crippen molar-refractivity contribution in [1.82, 2.24) is 5.32 Å². The van der Waals surface area contributed by atoms with Gasteiger partial charge in [0.25, 0.3) is 0 Å². The molecule has 124 valence electrons. The number of hydrogen-bond acceptors (Lipinski definition) is 1. The Kier molecular flexibility index (Phi) is 5.34. The second-order valence-electron chi connectivity index (χ2n) is 6.97. The monoisotopic (exact) mass is 330 g/mol. The van der Waals surface area contributed by atoms with Crippen LogP contribution >= 0.6 is 12.2 Å². The molecule has 2 saturated heterocycles. The van der Waals surface area contributed by atoms with Crippen molar-refractivity contribution in [2.24, 2.45) is 0 Å². The third-order valence-corrected chi connectivity index (χ3v) is 5.62. The zero-order chi connectivity index (χ0) is 16.2. The summed E-state index contributed by atoms with van der Waals surface area (Å²) in [6.07, 6.45) is 8.59. The van der Waals surface area contributed by atoms with E-state index in [0.717, 1.165) is 29.4 Å². The molecule has 2 fully saturated rings. The standard InChI is InChI=1S/C19H27N3S/c1-3-11-22-16-8-6-9-17(22)13-15(12-16)20-19(23)21-18-10-5-4-7-14(18)2/h3-5,7,10,15-17H,1,6,8-9,11-13H2,2H3,(H2,20,21,23)/p+1/t16-,17-/m1/s1. The molecule has 3 rings (SSSR count). The molecule has 3 N–H and O–H groups in total. The summed E-state index contributed by atoms with van der Waals surface area (Å²) in [5.41, 5.74) is 2.32. The molecule has 2 aliphatic rings. The molecule has 1 aromatic carbocycles. The van der Waals surface area contributed by atoms with Gasteiger partial charge in [0.05, 0.1) is 18.6 Å². The zero-order valence-electron chi connectivity index (χ0n) is 14.0. The van der Waals surface area contributed by atoms with Gasteiger partial charge in [0.15, 0.2) is 5.11 Å². The summed E-state index contributed by atoms with van der Waals surface area (Å²) < 4.78 is 0. The molecule has 0 radical (unpaired) electrons. The van der Waals surface area contributed by atoms with Crippen molar-refractivity contribution in [3.8, 4) is 0 Å². The Balaban J connectivity index is 1.58. The molecule has 0 aromatic heterocycles. The molecule has 0 aliphatic carbocycles. The maximum atomic E-state index is 5.54. The molecule has 0 unspecified atom stereocenters. The number of aryl methyl sites for hydroxylation is 1. The maximum absolute atomic E-state index is 5.54. The van der Waals surface area contributed by atoms with Crippen LogP contribution in [-0.2, 0) is 0 Å². The normalized spacial score (nSPS) is 29.6. The van der Waals surface area contributed by atoms with Gasteiger partial charge >= 0.3 is 0 Å². The number of thiocarbonyl (C=S) groups is 1. The molecule has 0 amide bonds. The first-order chi connectivity index (χ1) is 11.2. The third-order valence-electron chi connectivity index (χ3n) is 5.40. The lowest BCUT2D eigenvalue weighted by Gasteiger charge is -2.45. The van der Waals surface area contributed by atoms with Crippen LogP contribution in [0.3, 0.4) is 0 Å². The summed E-state index contributed by atoms with van der Waals surface area (Å²) in [6.45, 7) is 7.15. The molecule has 23 heavy (non-hydrogen) atoms. The zero-order valence-corrected chi connectivity index (χ0v) is 14.8. The second-order valence-corrected chi connectivity index (χ2v) is 7.38. The van der Waals surface area contributed by atoms with Gasteiger partial charge in [-0.05, 0) is 56.1 Å². The fourth-order valence-corrected chi connectivity index (χ4v) is 4.59. The van der Waals surface area contributed by atoms with Crippen LogP contribution in [0.15, 0.2) is 36.9 Å². The van der Waals surface area contributed by atoms with E-state index in [1.807, 2.05) is 6.07 Å². The Hall–Kier alpha value is -1.39. The Bertz CT molecular complexity index is 557. The van der Waals surface area contributed by atoms with E-state index in [-0.39, 0.29) is 0 Å². The Morgan fingerprint density at radius 2 is 2.00 bits per heavy atom. The predicted octanol–water partition coefficient (Wildman–Crippen LogP) is 2.44. The van der Waals surface area contributed by atoms with Crippen molar-refractivity contribution in [2.75, 3.05) is 11.9 Å². The van der Waals surface area contributed by atoms with E-state index in [4.69, 9.17) is 12.2 Å². The molecule has 2 atom stereocenters. The number of para-hydroxylation sites is 1. The van der Waals surface area contributed by atoms with E-state index in [0.29, 0.717) is 6.04 Å². The first-order valence-corrected chi connectivity index (χ1v) is 9.18. The molecule has 0 saturated carbocycles. The molecular weight excluding hydrogens is 302 g/mol. The van der Waals surface area contributed by atoms with Crippen LogP contribution in [0.5, 0.6) is 0 Å². The summed E-state index contributed by atoms with van der Waals surface area (Å²) in [7, 11) is 0. The fourth-order valence-electron chi connectivity index (χ4n) is 4.31. The summed E-state index contributed by atoms with van der Waals surface area (Å²) in [5, 5.41) is 7.68. The van der Waals surface area contributed by atoms with Crippen molar-refractivity contribution in [3.63, 3.8) is 0 Å². The van der Waals surface area contributed by atoms with E-state index < -0.39 is 0 Å². The maximum Gasteiger partial charge on any atom is 0.171 e. The first kappa shape index (κ1) is 16.5. The highest BCUT2D eigenvalue weighted by molar-refractivity contribution is 7.80. The van der Waals surface area contributed by atoms with Crippen LogP contribution in [0.25, 0.3) is 0 Å². The van der Waals surface area contributed by atoms with Crippen LogP contribution in [0.2, 0.25) is 0 Å². The molecule has 4 heteroatoms. The smallest absolute Gasteiger partial charge is 0.171 e. The summed E-state index contributed by atoms with van der Waals surface area (Å²) >= 11 is 5.54. The average Bonchev–Trinajstić information content (AvgIpc) is 2.50. The Labute approximate surface area is 145 Å². The summed E-state index contributed by atoms with van der Waals surface area (Å²) in [6, 6.07) is 10.3. The number of fused-ring (bicyclic) bond motifs is 2. The molecule has 3 nitrogen and oxygen atoms in total. The van der Waals surface area contributed by atoms with Gasteiger partial charge in [-0.25, -0.2) is 0 Å². The molecule has 2 aliphatic heterocycles. The lowest BCUT2D eigenvalue weighted by Crippen LogP contribution is -3.21. The van der Waals surface area contributed by atoms with Gasteiger partial charge in [-0.2, -0.15) is 0 Å². The SMILES string of the molecule is C=CC[NH+]1[C@@H]2CCC[C@@H]1CC(NC(=S)Nc1ccccc1C)C2. The van der Waals surface area contributed by atoms with Gasteiger partial charge in [0, 0.05) is 24.6 Å². The number of anilines is 1. The molecule has 0 spiro atoms. The van der Waals surface area contributed by atoms with Gasteiger partial charge in [0.1, 0.15) is 0 Å².